The van der Waals surface area contributed by atoms with Crippen LogP contribution in [0.25, 0.3) is 0 Å². The molecule has 1 saturated heterocycles. The number of hydrogen-bond donors (Lipinski definition) is 2. The molecule has 0 spiro atoms. The van der Waals surface area contributed by atoms with Crippen molar-refractivity contribution in [3.63, 3.8) is 0 Å². The van der Waals surface area contributed by atoms with E-state index in [4.69, 9.17) is 18.3 Å². The van der Waals surface area contributed by atoms with Crippen LogP contribution in [0.3, 0.4) is 0 Å². The minimum absolute atomic E-state index is 0.00511. The fourth-order valence-corrected chi connectivity index (χ4v) is 5.31. The maximum atomic E-state index is 13.1. The van der Waals surface area contributed by atoms with Crippen molar-refractivity contribution in [1.29, 1.82) is 0 Å². The van der Waals surface area contributed by atoms with Crippen molar-refractivity contribution in [1.82, 2.24) is 14.9 Å². The van der Waals surface area contributed by atoms with E-state index in [9.17, 15) is 42.2 Å². The number of halogens is 3. The second-order valence-electron chi connectivity index (χ2n) is 8.72. The number of hydrogen-bond acceptors (Lipinski definition) is 10. The molecule has 1 aromatic heterocycles. The van der Waals surface area contributed by atoms with Crippen molar-refractivity contribution in [2.24, 2.45) is 5.92 Å². The van der Waals surface area contributed by atoms with E-state index in [1.54, 1.807) is 0 Å². The fourth-order valence-electron chi connectivity index (χ4n) is 4.08. The molecule has 0 radical (unpaired) electrons. The number of aromatic amines is 1. The number of carbonyl (C=O) groups excluding carboxylic acids is 1. The minimum atomic E-state index is -5.26. The number of alkyl halides is 3. The predicted octanol–water partition coefficient (Wildman–Crippen LogP) is 2.15. The Hall–Kier alpha value is -3.53. The zero-order valence-electron chi connectivity index (χ0n) is 19.6. The van der Waals surface area contributed by atoms with Gasteiger partial charge in [0.25, 0.3) is 11.2 Å². The van der Waals surface area contributed by atoms with Gasteiger partial charge in [-0.25, -0.2) is 9.36 Å². The van der Waals surface area contributed by atoms with Crippen molar-refractivity contribution in [2.75, 3.05) is 6.61 Å². The molecule has 206 valence electrons. The summed E-state index contributed by atoms with van der Waals surface area (Å²) in [5, 5.41) is 12.8. The van der Waals surface area contributed by atoms with Crippen LogP contribution in [0.5, 0.6) is 5.75 Å². The van der Waals surface area contributed by atoms with Crippen LogP contribution < -0.4 is 21.1 Å². The molecule has 1 aromatic carbocycles. The van der Waals surface area contributed by atoms with Gasteiger partial charge in [-0.2, -0.15) is 13.2 Å². The number of nitro groups is 1. The molecular weight excluding hydrogens is 544 g/mol. The summed E-state index contributed by atoms with van der Waals surface area (Å²) in [4.78, 5) is 47.9. The summed E-state index contributed by atoms with van der Waals surface area (Å²) < 4.78 is 74.6. The average Bonchev–Trinajstić information content (AvgIpc) is 3.06. The van der Waals surface area contributed by atoms with Crippen LogP contribution in [0.1, 0.15) is 25.6 Å². The monoisotopic (exact) mass is 564 g/mol. The summed E-state index contributed by atoms with van der Waals surface area (Å²) in [7, 11) is -4.30. The van der Waals surface area contributed by atoms with Crippen LogP contribution >= 0.6 is 7.82 Å². The summed E-state index contributed by atoms with van der Waals surface area (Å²) in [6.07, 6.45) is -6.97. The number of aromatic nitrogens is 2. The van der Waals surface area contributed by atoms with E-state index in [0.717, 1.165) is 22.9 Å². The summed E-state index contributed by atoms with van der Waals surface area (Å²) in [5.74, 6) is -3.27. The van der Waals surface area contributed by atoms with Gasteiger partial charge in [-0.05, 0) is 13.0 Å². The molecule has 0 bridgehead atoms. The Morgan fingerprint density at radius 1 is 1.37 bits per heavy atom. The molecule has 3 heterocycles. The number of rotatable bonds is 6. The summed E-state index contributed by atoms with van der Waals surface area (Å²) >= 11 is 0. The number of ether oxygens (including phenoxy) is 1. The molecule has 18 heteroatoms. The Morgan fingerprint density at radius 3 is 2.71 bits per heavy atom. The van der Waals surface area contributed by atoms with Gasteiger partial charge in [0.05, 0.1) is 29.8 Å². The van der Waals surface area contributed by atoms with Gasteiger partial charge in [0.2, 0.25) is 0 Å². The molecule has 38 heavy (non-hydrogen) atoms. The highest BCUT2D eigenvalue weighted by molar-refractivity contribution is 7.49. The third-order valence-electron chi connectivity index (χ3n) is 6.30. The van der Waals surface area contributed by atoms with E-state index in [2.05, 4.69) is 0 Å². The molecule has 2 aromatic rings. The largest absolute Gasteiger partial charge is 0.530 e. The summed E-state index contributed by atoms with van der Waals surface area (Å²) in [6.45, 7) is 1.69. The number of phosphoric ester groups is 1. The van der Waals surface area contributed by atoms with Gasteiger partial charge in [0.15, 0.2) is 6.23 Å². The Balaban J connectivity index is 1.57. The zero-order valence-corrected chi connectivity index (χ0v) is 20.5. The number of amides is 1. The van der Waals surface area contributed by atoms with Crippen molar-refractivity contribution >= 4 is 19.4 Å². The van der Waals surface area contributed by atoms with Crippen molar-refractivity contribution in [2.45, 2.75) is 44.5 Å². The van der Waals surface area contributed by atoms with Gasteiger partial charge in [-0.1, -0.05) is 6.92 Å². The normalized spacial score (nSPS) is 28.8. The number of nitrogens with zero attached hydrogens (tertiary/aromatic N) is 2. The molecule has 1 fully saturated rings. The lowest BCUT2D eigenvalue weighted by Gasteiger charge is -2.35. The van der Waals surface area contributed by atoms with Crippen LogP contribution in [0, 0.1) is 16.0 Å². The molecule has 2 aliphatic rings. The maximum absolute atomic E-state index is 13.1. The highest BCUT2D eigenvalue weighted by Gasteiger charge is 2.56. The number of nitro benzene ring substituents is 1. The molecule has 1 amide bonds. The molecule has 1 unspecified atom stereocenters. The lowest BCUT2D eigenvalue weighted by Crippen LogP contribution is -2.58. The Kier molecular flexibility index (Phi) is 6.98. The van der Waals surface area contributed by atoms with Crippen molar-refractivity contribution in [3.8, 4) is 5.75 Å². The number of benzene rings is 1. The average molecular weight is 564 g/mol. The molecule has 2 aliphatic heterocycles. The van der Waals surface area contributed by atoms with Crippen LogP contribution in [-0.4, -0.2) is 44.8 Å². The third kappa shape index (κ3) is 5.22. The number of non-ortho nitro benzene ring substituents is 1. The van der Waals surface area contributed by atoms with Crippen LogP contribution in [0.2, 0.25) is 0 Å². The first-order valence-corrected chi connectivity index (χ1v) is 12.3. The first kappa shape index (κ1) is 27.5. The summed E-state index contributed by atoms with van der Waals surface area (Å²) in [5.41, 5.74) is -3.66. The van der Waals surface area contributed by atoms with Gasteiger partial charge >= 0.3 is 25.6 Å². The number of H-pyrrole nitrogens is 1. The molecule has 0 aliphatic carbocycles. The van der Waals surface area contributed by atoms with Crippen molar-refractivity contribution < 1.29 is 45.8 Å². The fraction of sp³-hybridized carbons (Fsp3) is 0.450. The molecular formula is C20H20F3N4O10P. The molecule has 4 rings (SSSR count). The van der Waals surface area contributed by atoms with Gasteiger partial charge in [0.1, 0.15) is 5.75 Å². The maximum Gasteiger partial charge on any atom is 0.530 e. The first-order chi connectivity index (χ1) is 17.6. The van der Waals surface area contributed by atoms with E-state index in [-0.39, 0.29) is 23.6 Å². The molecule has 14 nitrogen and oxygen atoms in total. The number of nitrogens with one attached hydrogen (secondary N) is 2. The number of fused-ring (bicyclic) bond motifs is 1. The molecule has 2 N–H and O–H groups in total. The van der Waals surface area contributed by atoms with Crippen molar-refractivity contribution in [3.05, 3.63) is 67.0 Å². The number of phosphoric acid groups is 1. The minimum Gasteiger partial charge on any atom is -0.404 e. The lowest BCUT2D eigenvalue weighted by atomic mass is 9.84. The molecule has 5 atom stereocenters. The van der Waals surface area contributed by atoms with Gasteiger partial charge in [-0.3, -0.25) is 38.3 Å². The van der Waals surface area contributed by atoms with Gasteiger partial charge < -0.3 is 14.6 Å². The van der Waals surface area contributed by atoms with E-state index in [0.29, 0.717) is 0 Å². The predicted molar refractivity (Wildman–Crippen MR) is 119 cm³/mol. The van der Waals surface area contributed by atoms with E-state index in [1.807, 2.05) is 10.3 Å². The van der Waals surface area contributed by atoms with Gasteiger partial charge in [-0.15, -0.1) is 0 Å². The SMILES string of the molecule is C[C@@H]1[C@@H](COP2(=O)OCc3cc([N+](=O)[O-])ccc3O2)O[C@@H](n2ccc(=O)[nH]c2=O)[C@]1(C)NC(=O)C(F)(F)F. The molecule has 0 saturated carbocycles. The highest BCUT2D eigenvalue weighted by atomic mass is 31.2. The van der Waals surface area contributed by atoms with E-state index >= 15 is 0 Å². The smallest absolute Gasteiger partial charge is 0.404 e. The Bertz CT molecular complexity index is 1440. The van der Waals surface area contributed by atoms with E-state index < -0.39 is 66.5 Å². The Labute approximate surface area is 210 Å². The number of carbonyl (C=O) groups is 1. The lowest BCUT2D eigenvalue weighted by molar-refractivity contribution is -0.385. The van der Waals surface area contributed by atoms with Crippen LogP contribution in [-0.2, 0) is 29.8 Å². The van der Waals surface area contributed by atoms with Crippen LogP contribution in [0.4, 0.5) is 18.9 Å². The highest BCUT2D eigenvalue weighted by Crippen LogP contribution is 2.55. The summed E-state index contributed by atoms with van der Waals surface area (Å²) in [6, 6.07) is 4.44. The van der Waals surface area contributed by atoms with Gasteiger partial charge in [0, 0.05) is 35.9 Å². The first-order valence-electron chi connectivity index (χ1n) is 10.9. The zero-order chi connectivity index (χ0) is 28.0. The second kappa shape index (κ2) is 9.65. The second-order valence-corrected chi connectivity index (χ2v) is 10.3. The topological polar surface area (TPSA) is 181 Å². The van der Waals surface area contributed by atoms with E-state index in [1.165, 1.54) is 26.0 Å². The van der Waals surface area contributed by atoms with Crippen LogP contribution in [0.15, 0.2) is 40.1 Å². The standard InChI is InChI=1S/C20H20F3N4O10P/c1-10-14(9-35-38(33)34-8-11-7-12(27(31)32)3-4-13(11)37-38)36-17(26-6-5-15(28)24-18(26)30)19(10,2)25-16(29)20(21,22)23/h3-7,10,14,17H,8-9H2,1-2H3,(H,25,29)(H,24,28,30)/t10-,14-,17-,19-,38?/m1/s1. The quantitative estimate of drug-likeness (QED) is 0.300. The third-order valence-corrected chi connectivity index (χ3v) is 7.64. The Morgan fingerprint density at radius 2 is 2.08 bits per heavy atom.